The molecule has 0 radical (unpaired) electrons. The van der Waals surface area contributed by atoms with Crippen molar-refractivity contribution < 1.29 is 20.9 Å². The molecular formula is C3H7NNb. The fraction of sp³-hybridized carbons (Fsp3) is 1.00. The van der Waals surface area contributed by atoms with Gasteiger partial charge in [0.05, 0.1) is 0 Å². The van der Waals surface area contributed by atoms with E-state index in [0.29, 0.717) is 6.04 Å². The summed E-state index contributed by atoms with van der Waals surface area (Å²) in [6.45, 7) is 4.14. The van der Waals surface area contributed by atoms with Crippen LogP contribution in [0.1, 0.15) is 13.8 Å². The quantitative estimate of drug-likeness (QED) is 0.496. The molecule has 0 aromatic carbocycles. The van der Waals surface area contributed by atoms with E-state index in [9.17, 15) is 0 Å². The zero-order valence-corrected chi connectivity index (χ0v) is 5.67. The van der Waals surface area contributed by atoms with Gasteiger partial charge in [0.25, 0.3) is 0 Å². The second-order valence-electron chi connectivity index (χ2n) is 1.21. The molecule has 1 nitrogen and oxygen atoms in total. The summed E-state index contributed by atoms with van der Waals surface area (Å²) in [6.07, 6.45) is 0. The summed E-state index contributed by atoms with van der Waals surface area (Å²) >= 11 is 1.53. The van der Waals surface area contributed by atoms with Crippen LogP contribution < -0.4 is 0 Å². The maximum absolute atomic E-state index is 3.94. The van der Waals surface area contributed by atoms with Crippen molar-refractivity contribution in [2.75, 3.05) is 0 Å². The van der Waals surface area contributed by atoms with Crippen molar-refractivity contribution in [3.05, 3.63) is 0 Å². The van der Waals surface area contributed by atoms with E-state index >= 15 is 0 Å². The van der Waals surface area contributed by atoms with E-state index in [1.54, 1.807) is 0 Å². The van der Waals surface area contributed by atoms with Crippen molar-refractivity contribution in [3.8, 4) is 0 Å². The van der Waals surface area contributed by atoms with E-state index in [2.05, 4.69) is 17.2 Å². The van der Waals surface area contributed by atoms with Crippen molar-refractivity contribution >= 4 is 0 Å². The predicted molar refractivity (Wildman–Crippen MR) is 17.6 cm³/mol. The van der Waals surface area contributed by atoms with Crippen molar-refractivity contribution in [2.24, 2.45) is 3.34 Å². The Bertz CT molecular complexity index is 33.9. The van der Waals surface area contributed by atoms with E-state index < -0.39 is 0 Å². The van der Waals surface area contributed by atoms with Crippen LogP contribution in [-0.4, -0.2) is 6.04 Å². The van der Waals surface area contributed by atoms with E-state index in [0.717, 1.165) is 0 Å². The summed E-state index contributed by atoms with van der Waals surface area (Å²) in [4.78, 5) is 0. The molecule has 0 saturated carbocycles. The molecule has 0 aliphatic heterocycles. The molecule has 0 heterocycles. The van der Waals surface area contributed by atoms with Crippen LogP contribution >= 0.6 is 0 Å². The van der Waals surface area contributed by atoms with Gasteiger partial charge in [0.2, 0.25) is 0 Å². The zero-order chi connectivity index (χ0) is 4.28. The summed E-state index contributed by atoms with van der Waals surface area (Å²) < 4.78 is 3.94. The average Bonchev–Trinajstić information content (AvgIpc) is 1.38. The Morgan fingerprint density at radius 1 is 1.60 bits per heavy atom. The Hall–Kier alpha value is 0.540. The van der Waals surface area contributed by atoms with E-state index in [4.69, 9.17) is 0 Å². The van der Waals surface area contributed by atoms with Gasteiger partial charge in [-0.05, 0) is 0 Å². The van der Waals surface area contributed by atoms with Gasteiger partial charge in [-0.2, -0.15) is 0 Å². The van der Waals surface area contributed by atoms with Crippen LogP contribution in [0.4, 0.5) is 0 Å². The Labute approximate surface area is 44.6 Å². The van der Waals surface area contributed by atoms with Crippen LogP contribution in [0, 0.1) is 0 Å². The molecule has 0 aromatic rings. The first-order chi connectivity index (χ1) is 2.27. The molecule has 2 heteroatoms. The van der Waals surface area contributed by atoms with Crippen LogP contribution in [0.3, 0.4) is 0 Å². The summed E-state index contributed by atoms with van der Waals surface area (Å²) in [5.74, 6) is 0. The molecule has 0 aliphatic rings. The molecule has 0 aromatic heterocycles. The van der Waals surface area contributed by atoms with Gasteiger partial charge < -0.3 is 0 Å². The third-order valence-corrected chi connectivity index (χ3v) is 1.37. The predicted octanol–water partition coefficient (Wildman–Crippen LogP) is 1.13. The van der Waals surface area contributed by atoms with Crippen molar-refractivity contribution in [2.45, 2.75) is 19.9 Å². The van der Waals surface area contributed by atoms with Crippen LogP contribution in [-0.2, 0) is 20.9 Å². The molecule has 0 aliphatic carbocycles. The molecule has 0 atom stereocenters. The van der Waals surface area contributed by atoms with Crippen molar-refractivity contribution in [1.82, 2.24) is 0 Å². The first-order valence-corrected chi connectivity index (χ1v) is 2.60. The molecule has 5 heavy (non-hydrogen) atoms. The van der Waals surface area contributed by atoms with Crippen LogP contribution in [0.2, 0.25) is 0 Å². The molecular weight excluding hydrogens is 143 g/mol. The van der Waals surface area contributed by atoms with Crippen LogP contribution in [0.5, 0.6) is 0 Å². The second kappa shape index (κ2) is 2.76. The summed E-state index contributed by atoms with van der Waals surface area (Å²) in [5, 5.41) is 0. The maximum atomic E-state index is 3.94. The molecule has 0 unspecified atom stereocenters. The molecule has 0 amide bonds. The second-order valence-corrected chi connectivity index (χ2v) is 1.78. The monoisotopic (exact) mass is 150 g/mol. The molecule has 0 rings (SSSR count). The summed E-state index contributed by atoms with van der Waals surface area (Å²) in [6, 6.07) is 0.531. The van der Waals surface area contributed by atoms with Gasteiger partial charge in [-0.15, -0.1) is 0 Å². The molecule has 0 bridgehead atoms. The van der Waals surface area contributed by atoms with Gasteiger partial charge in [0.1, 0.15) is 0 Å². The van der Waals surface area contributed by atoms with E-state index in [1.165, 1.54) is 20.9 Å². The van der Waals surface area contributed by atoms with Crippen LogP contribution in [0.25, 0.3) is 0 Å². The molecule has 0 fully saturated rings. The minimum atomic E-state index is 0.531. The first-order valence-electron chi connectivity index (χ1n) is 1.61. The Balaban J connectivity index is 2.83. The standard InChI is InChI=1S/C3H7N.Nb/c1-3(2)4;/h3H,1-2H3;. The normalized spacial score (nSPS) is 8.40. The minimum absolute atomic E-state index is 0.531. The van der Waals surface area contributed by atoms with Gasteiger partial charge in [-0.3, -0.25) is 0 Å². The van der Waals surface area contributed by atoms with Crippen molar-refractivity contribution in [1.29, 1.82) is 0 Å². The number of rotatable bonds is 1. The molecule has 0 N–H and O–H groups in total. The van der Waals surface area contributed by atoms with E-state index in [1.807, 2.05) is 0 Å². The van der Waals surface area contributed by atoms with Gasteiger partial charge in [0.15, 0.2) is 0 Å². The summed E-state index contributed by atoms with van der Waals surface area (Å²) in [5.41, 5.74) is 0. The summed E-state index contributed by atoms with van der Waals surface area (Å²) in [7, 11) is 0. The van der Waals surface area contributed by atoms with E-state index in [-0.39, 0.29) is 0 Å². The SMILES string of the molecule is CC(C)[N]=[Nb]. The zero-order valence-electron chi connectivity index (χ0n) is 3.47. The average molecular weight is 150 g/mol. The van der Waals surface area contributed by atoms with Gasteiger partial charge in [0, 0.05) is 0 Å². The topological polar surface area (TPSA) is 12.4 Å². The Morgan fingerprint density at radius 3 is 1.80 bits per heavy atom. The third-order valence-electron chi connectivity index (χ3n) is 0.231. The van der Waals surface area contributed by atoms with Crippen molar-refractivity contribution in [3.63, 3.8) is 0 Å². The Kier molecular flexibility index (Phi) is 3.06. The molecule has 0 spiro atoms. The number of hydrogen-bond donors (Lipinski definition) is 0. The molecule has 0 saturated heterocycles. The van der Waals surface area contributed by atoms with Gasteiger partial charge in [-0.1, -0.05) is 0 Å². The fourth-order valence-corrected chi connectivity index (χ4v) is 0. The van der Waals surface area contributed by atoms with Gasteiger partial charge >= 0.3 is 44.1 Å². The molecule has 29 valence electrons. The number of hydrogen-bond acceptors (Lipinski definition) is 1. The fourth-order valence-electron chi connectivity index (χ4n) is 0. The van der Waals surface area contributed by atoms with Crippen LogP contribution in [0.15, 0.2) is 3.34 Å². The Morgan fingerprint density at radius 2 is 1.80 bits per heavy atom. The van der Waals surface area contributed by atoms with Gasteiger partial charge in [-0.25, -0.2) is 0 Å². The first kappa shape index (κ1) is 5.54. The third kappa shape index (κ3) is 4.54. The number of nitrogens with zero attached hydrogens (tertiary/aromatic N) is 1.